The van der Waals surface area contributed by atoms with Crippen molar-refractivity contribution in [3.8, 4) is 11.4 Å². The molecule has 4 nitrogen and oxygen atoms in total. The van der Waals surface area contributed by atoms with Gasteiger partial charge in [-0.15, -0.1) is 0 Å². The molecule has 1 aromatic heterocycles. The van der Waals surface area contributed by atoms with E-state index < -0.39 is 0 Å². The van der Waals surface area contributed by atoms with Crippen LogP contribution in [-0.2, 0) is 6.54 Å². The van der Waals surface area contributed by atoms with Crippen LogP contribution < -0.4 is 5.73 Å². The first-order chi connectivity index (χ1) is 9.72. The first-order valence-electron chi connectivity index (χ1n) is 6.33. The van der Waals surface area contributed by atoms with Gasteiger partial charge >= 0.3 is 0 Å². The summed E-state index contributed by atoms with van der Waals surface area (Å²) < 4.78 is 1.94. The SMILES string of the molecule is Nc1cccc(Cl)c1-c1nc2ccccc2n1CCO. The molecule has 0 radical (unpaired) electrons. The van der Waals surface area contributed by atoms with Crippen molar-refractivity contribution in [3.05, 3.63) is 47.5 Å². The molecule has 20 heavy (non-hydrogen) atoms. The average Bonchev–Trinajstić information content (AvgIpc) is 2.78. The number of aliphatic hydroxyl groups is 1. The molecule has 0 unspecified atom stereocenters. The minimum Gasteiger partial charge on any atom is -0.398 e. The molecule has 3 N–H and O–H groups in total. The van der Waals surface area contributed by atoms with E-state index in [1.54, 1.807) is 18.2 Å². The first kappa shape index (κ1) is 13.0. The van der Waals surface area contributed by atoms with Gasteiger partial charge in [-0.05, 0) is 24.3 Å². The maximum Gasteiger partial charge on any atom is 0.144 e. The summed E-state index contributed by atoms with van der Waals surface area (Å²) in [5.41, 5.74) is 9.13. The summed E-state index contributed by atoms with van der Waals surface area (Å²) in [6.07, 6.45) is 0. The number of aromatic nitrogens is 2. The van der Waals surface area contributed by atoms with E-state index in [0.717, 1.165) is 11.0 Å². The summed E-state index contributed by atoms with van der Waals surface area (Å²) in [5.74, 6) is 0.684. The zero-order valence-electron chi connectivity index (χ0n) is 10.8. The van der Waals surface area contributed by atoms with Gasteiger partial charge in [0.15, 0.2) is 0 Å². The third kappa shape index (κ3) is 2.03. The van der Waals surface area contributed by atoms with Crippen molar-refractivity contribution in [3.63, 3.8) is 0 Å². The molecule has 0 aliphatic heterocycles. The number of para-hydroxylation sites is 2. The van der Waals surface area contributed by atoms with E-state index in [2.05, 4.69) is 4.98 Å². The van der Waals surface area contributed by atoms with E-state index >= 15 is 0 Å². The van der Waals surface area contributed by atoms with E-state index in [-0.39, 0.29) is 6.61 Å². The molecule has 0 aliphatic rings. The lowest BCUT2D eigenvalue weighted by atomic mass is 10.1. The molecule has 5 heteroatoms. The number of anilines is 1. The van der Waals surface area contributed by atoms with Gasteiger partial charge in [-0.3, -0.25) is 0 Å². The van der Waals surface area contributed by atoms with Crippen LogP contribution in [0.2, 0.25) is 5.02 Å². The van der Waals surface area contributed by atoms with E-state index in [1.807, 2.05) is 28.8 Å². The Hall–Kier alpha value is -2.04. The predicted octanol–water partition coefficient (Wildman–Crippen LogP) is 2.93. The molecule has 0 aliphatic carbocycles. The summed E-state index contributed by atoms with van der Waals surface area (Å²) in [6.45, 7) is 0.470. The van der Waals surface area contributed by atoms with Crippen LogP contribution in [-0.4, -0.2) is 21.3 Å². The lowest BCUT2D eigenvalue weighted by Crippen LogP contribution is -2.05. The quantitative estimate of drug-likeness (QED) is 0.728. The second kappa shape index (κ2) is 5.15. The summed E-state index contributed by atoms with van der Waals surface area (Å²) >= 11 is 6.27. The molecule has 0 fully saturated rings. The number of aliphatic hydroxyl groups excluding tert-OH is 1. The minimum atomic E-state index is 0.0255. The van der Waals surface area contributed by atoms with Gasteiger partial charge in [0.05, 0.1) is 28.2 Å². The maximum atomic E-state index is 9.29. The van der Waals surface area contributed by atoms with E-state index in [9.17, 15) is 5.11 Å². The monoisotopic (exact) mass is 287 g/mol. The van der Waals surface area contributed by atoms with Crippen LogP contribution >= 0.6 is 11.6 Å². The van der Waals surface area contributed by atoms with Crippen molar-refractivity contribution in [1.29, 1.82) is 0 Å². The van der Waals surface area contributed by atoms with Gasteiger partial charge < -0.3 is 15.4 Å². The van der Waals surface area contributed by atoms with Crippen LogP contribution in [0.4, 0.5) is 5.69 Å². The van der Waals surface area contributed by atoms with E-state index in [4.69, 9.17) is 17.3 Å². The van der Waals surface area contributed by atoms with E-state index in [1.165, 1.54) is 0 Å². The summed E-state index contributed by atoms with van der Waals surface area (Å²) in [4.78, 5) is 4.61. The van der Waals surface area contributed by atoms with Gasteiger partial charge in [0.25, 0.3) is 0 Å². The van der Waals surface area contributed by atoms with Crippen LogP contribution in [0.25, 0.3) is 22.4 Å². The Labute approximate surface area is 121 Å². The number of hydrogen-bond acceptors (Lipinski definition) is 3. The fourth-order valence-electron chi connectivity index (χ4n) is 2.37. The molecule has 0 bridgehead atoms. The Morgan fingerprint density at radius 3 is 2.70 bits per heavy atom. The fraction of sp³-hybridized carbons (Fsp3) is 0.133. The number of nitrogen functional groups attached to an aromatic ring is 1. The van der Waals surface area contributed by atoms with Gasteiger partial charge in [-0.1, -0.05) is 29.8 Å². The summed E-state index contributed by atoms with van der Waals surface area (Å²) in [7, 11) is 0. The van der Waals surface area contributed by atoms with Crippen molar-refractivity contribution in [2.24, 2.45) is 0 Å². The number of nitrogens with zero attached hydrogens (tertiary/aromatic N) is 2. The average molecular weight is 288 g/mol. The number of nitrogens with two attached hydrogens (primary N) is 1. The number of halogens is 1. The van der Waals surface area contributed by atoms with Gasteiger partial charge in [-0.2, -0.15) is 0 Å². The molecule has 2 aromatic carbocycles. The molecule has 0 atom stereocenters. The third-order valence-electron chi connectivity index (χ3n) is 3.25. The van der Waals surface area contributed by atoms with Gasteiger partial charge in [0, 0.05) is 12.2 Å². The minimum absolute atomic E-state index is 0.0255. The molecule has 0 saturated heterocycles. The molecule has 3 rings (SSSR count). The standard InChI is InChI=1S/C15H14ClN3O/c16-10-4-3-5-11(17)14(10)15-18-12-6-1-2-7-13(12)19(15)8-9-20/h1-7,20H,8-9,17H2. The number of imidazole rings is 1. The highest BCUT2D eigenvalue weighted by molar-refractivity contribution is 6.33. The lowest BCUT2D eigenvalue weighted by molar-refractivity contribution is 0.278. The molecule has 0 spiro atoms. The van der Waals surface area contributed by atoms with Crippen molar-refractivity contribution in [1.82, 2.24) is 9.55 Å². The third-order valence-corrected chi connectivity index (χ3v) is 3.56. The van der Waals surface area contributed by atoms with Crippen molar-refractivity contribution in [2.75, 3.05) is 12.3 Å². The lowest BCUT2D eigenvalue weighted by Gasteiger charge is -2.10. The Morgan fingerprint density at radius 1 is 1.15 bits per heavy atom. The molecule has 0 saturated carbocycles. The van der Waals surface area contributed by atoms with Gasteiger partial charge in [0.1, 0.15) is 5.82 Å². The van der Waals surface area contributed by atoms with Crippen LogP contribution in [0.5, 0.6) is 0 Å². The molecular formula is C15H14ClN3O. The zero-order chi connectivity index (χ0) is 14.1. The highest BCUT2D eigenvalue weighted by Gasteiger charge is 2.16. The second-order valence-electron chi connectivity index (χ2n) is 4.50. The molecule has 1 heterocycles. The topological polar surface area (TPSA) is 64.1 Å². The Balaban J connectivity index is 2.33. The highest BCUT2D eigenvalue weighted by Crippen LogP contribution is 2.34. The van der Waals surface area contributed by atoms with Crippen LogP contribution in [0, 0.1) is 0 Å². The van der Waals surface area contributed by atoms with Crippen molar-refractivity contribution in [2.45, 2.75) is 6.54 Å². The predicted molar refractivity (Wildman–Crippen MR) is 81.7 cm³/mol. The van der Waals surface area contributed by atoms with Crippen LogP contribution in [0.1, 0.15) is 0 Å². The molecule has 0 amide bonds. The zero-order valence-corrected chi connectivity index (χ0v) is 11.5. The van der Waals surface area contributed by atoms with E-state index in [0.29, 0.717) is 28.6 Å². The number of fused-ring (bicyclic) bond motifs is 1. The largest absolute Gasteiger partial charge is 0.398 e. The smallest absolute Gasteiger partial charge is 0.144 e. The number of benzene rings is 2. The molecular weight excluding hydrogens is 274 g/mol. The second-order valence-corrected chi connectivity index (χ2v) is 4.91. The Morgan fingerprint density at radius 2 is 1.95 bits per heavy atom. The summed E-state index contributed by atoms with van der Waals surface area (Å²) in [5, 5.41) is 9.85. The molecule has 102 valence electrons. The highest BCUT2D eigenvalue weighted by atomic mass is 35.5. The maximum absolute atomic E-state index is 9.29. The fourth-order valence-corrected chi connectivity index (χ4v) is 2.64. The van der Waals surface area contributed by atoms with Crippen LogP contribution in [0.3, 0.4) is 0 Å². The number of rotatable bonds is 3. The van der Waals surface area contributed by atoms with Crippen molar-refractivity contribution >= 4 is 28.3 Å². The Bertz CT molecular complexity index is 747. The Kier molecular flexibility index (Phi) is 3.34. The number of hydrogen-bond donors (Lipinski definition) is 2. The normalized spacial score (nSPS) is 11.1. The van der Waals surface area contributed by atoms with Crippen molar-refractivity contribution < 1.29 is 5.11 Å². The first-order valence-corrected chi connectivity index (χ1v) is 6.70. The summed E-state index contributed by atoms with van der Waals surface area (Å²) in [6, 6.07) is 13.2. The molecule has 3 aromatic rings. The van der Waals surface area contributed by atoms with Gasteiger partial charge in [0.2, 0.25) is 0 Å². The van der Waals surface area contributed by atoms with Crippen LogP contribution in [0.15, 0.2) is 42.5 Å². The van der Waals surface area contributed by atoms with Gasteiger partial charge in [-0.25, -0.2) is 4.98 Å².